The molecular weight excluding hydrogens is 364 g/mol. The molecule has 0 aliphatic carbocycles. The van der Waals surface area contributed by atoms with Crippen molar-refractivity contribution in [1.29, 1.82) is 0 Å². The number of thioether (sulfide) groups is 1. The van der Waals surface area contributed by atoms with Gasteiger partial charge in [-0.05, 0) is 31.9 Å². The summed E-state index contributed by atoms with van der Waals surface area (Å²) in [6, 6.07) is 7.51. The molecule has 1 aromatic rings. The van der Waals surface area contributed by atoms with Crippen molar-refractivity contribution in [2.75, 3.05) is 36.5 Å². The van der Waals surface area contributed by atoms with E-state index < -0.39 is 5.97 Å². The molecule has 1 aromatic carbocycles. The fourth-order valence-corrected chi connectivity index (χ4v) is 3.44. The second-order valence-electron chi connectivity index (χ2n) is 6.72. The first-order valence-electron chi connectivity index (χ1n) is 9.42. The summed E-state index contributed by atoms with van der Waals surface area (Å²) in [7, 11) is 0. The Hall–Kier alpha value is -2.02. The van der Waals surface area contributed by atoms with Crippen molar-refractivity contribution >= 4 is 35.2 Å². The van der Waals surface area contributed by atoms with Crippen LogP contribution in [0.3, 0.4) is 0 Å². The Bertz CT molecular complexity index is 625. The summed E-state index contributed by atoms with van der Waals surface area (Å²) in [4.78, 5) is 37.6. The van der Waals surface area contributed by atoms with E-state index in [1.54, 1.807) is 4.90 Å². The number of aryl methyl sites for hydroxylation is 1. The molecule has 27 heavy (non-hydrogen) atoms. The van der Waals surface area contributed by atoms with Crippen LogP contribution in [0, 0.1) is 6.92 Å². The molecule has 0 atom stereocenters. The first-order valence-corrected chi connectivity index (χ1v) is 10.6. The third-order valence-electron chi connectivity index (χ3n) is 4.35. The Morgan fingerprint density at radius 3 is 2.30 bits per heavy atom. The van der Waals surface area contributed by atoms with Gasteiger partial charge in [0.25, 0.3) is 5.91 Å². The number of amides is 2. The predicted octanol–water partition coefficient (Wildman–Crippen LogP) is 3.00. The molecule has 1 saturated heterocycles. The smallest absolute Gasteiger partial charge is 0.316 e. The van der Waals surface area contributed by atoms with E-state index in [1.807, 2.05) is 31.2 Å². The minimum absolute atomic E-state index is 0.0502. The highest BCUT2D eigenvalue weighted by molar-refractivity contribution is 8.00. The third kappa shape index (κ3) is 8.47. The zero-order chi connectivity index (χ0) is 19.5. The Balaban J connectivity index is 1.60. The van der Waals surface area contributed by atoms with Crippen LogP contribution in [0.2, 0.25) is 0 Å². The van der Waals surface area contributed by atoms with Crippen LogP contribution in [-0.4, -0.2) is 53.9 Å². The maximum absolute atomic E-state index is 12.2. The topological polar surface area (TPSA) is 75.7 Å². The lowest BCUT2D eigenvalue weighted by atomic mass is 10.1. The molecule has 1 aliphatic heterocycles. The van der Waals surface area contributed by atoms with Gasteiger partial charge in [0.15, 0.2) is 6.61 Å². The van der Waals surface area contributed by atoms with E-state index >= 15 is 0 Å². The molecular formula is C20H28N2O4S. The highest BCUT2D eigenvalue weighted by Crippen LogP contribution is 2.11. The van der Waals surface area contributed by atoms with Gasteiger partial charge >= 0.3 is 5.97 Å². The fraction of sp³-hybridized carbons (Fsp3) is 0.550. The standard InChI is InChI=1S/C20H28N2O4S/c1-16-7-9-17(10-8-16)21-18(23)14-27-15-20(25)26-13-19(24)22-11-5-3-2-4-6-12-22/h7-10H,2-6,11-15H2,1H3,(H,21,23). The number of carbonyl (C=O) groups excluding carboxylic acids is 3. The Morgan fingerprint density at radius 2 is 1.63 bits per heavy atom. The Morgan fingerprint density at radius 1 is 1.00 bits per heavy atom. The average molecular weight is 393 g/mol. The maximum atomic E-state index is 12.2. The van der Waals surface area contributed by atoms with Crippen LogP contribution >= 0.6 is 11.8 Å². The van der Waals surface area contributed by atoms with Crippen LogP contribution in [0.15, 0.2) is 24.3 Å². The zero-order valence-electron chi connectivity index (χ0n) is 15.9. The van der Waals surface area contributed by atoms with Gasteiger partial charge < -0.3 is 15.0 Å². The average Bonchev–Trinajstić information content (AvgIpc) is 2.61. The van der Waals surface area contributed by atoms with Crippen molar-refractivity contribution < 1.29 is 19.1 Å². The summed E-state index contributed by atoms with van der Waals surface area (Å²) in [5.74, 6) is -0.568. The number of nitrogens with one attached hydrogen (secondary N) is 1. The highest BCUT2D eigenvalue weighted by Gasteiger charge is 2.16. The van der Waals surface area contributed by atoms with Crippen LogP contribution in [0.4, 0.5) is 5.69 Å². The largest absolute Gasteiger partial charge is 0.455 e. The first kappa shape index (κ1) is 21.3. The van der Waals surface area contributed by atoms with Crippen LogP contribution in [0.25, 0.3) is 0 Å². The number of nitrogens with zero attached hydrogens (tertiary/aromatic N) is 1. The van der Waals surface area contributed by atoms with E-state index in [-0.39, 0.29) is 29.9 Å². The highest BCUT2D eigenvalue weighted by atomic mass is 32.2. The summed E-state index contributed by atoms with van der Waals surface area (Å²) in [5.41, 5.74) is 1.85. The molecule has 0 radical (unpaired) electrons. The summed E-state index contributed by atoms with van der Waals surface area (Å²) in [5, 5.41) is 2.77. The van der Waals surface area contributed by atoms with E-state index in [1.165, 1.54) is 18.2 Å². The van der Waals surface area contributed by atoms with Crippen LogP contribution in [0.1, 0.15) is 37.7 Å². The number of rotatable bonds is 7. The molecule has 2 rings (SSSR count). The number of hydrogen-bond acceptors (Lipinski definition) is 5. The number of ether oxygens (including phenoxy) is 1. The van der Waals surface area contributed by atoms with Gasteiger partial charge in [0.2, 0.25) is 5.91 Å². The number of esters is 1. The van der Waals surface area contributed by atoms with Gasteiger partial charge in [-0.25, -0.2) is 0 Å². The van der Waals surface area contributed by atoms with Gasteiger partial charge in [0.05, 0.1) is 11.5 Å². The number of hydrogen-bond donors (Lipinski definition) is 1. The summed E-state index contributed by atoms with van der Waals surface area (Å²) < 4.78 is 5.06. The van der Waals surface area contributed by atoms with Gasteiger partial charge in [0, 0.05) is 18.8 Å². The second-order valence-corrected chi connectivity index (χ2v) is 7.70. The third-order valence-corrected chi connectivity index (χ3v) is 5.26. The summed E-state index contributed by atoms with van der Waals surface area (Å²) in [6.07, 6.45) is 5.53. The van der Waals surface area contributed by atoms with E-state index in [0.717, 1.165) is 50.0 Å². The van der Waals surface area contributed by atoms with E-state index in [4.69, 9.17) is 4.74 Å². The van der Waals surface area contributed by atoms with Crippen LogP contribution in [-0.2, 0) is 19.1 Å². The van der Waals surface area contributed by atoms with Crippen molar-refractivity contribution in [3.8, 4) is 0 Å². The predicted molar refractivity (Wildman–Crippen MR) is 108 cm³/mol. The van der Waals surface area contributed by atoms with Crippen molar-refractivity contribution in [1.82, 2.24) is 4.90 Å². The SMILES string of the molecule is Cc1ccc(NC(=O)CSCC(=O)OCC(=O)N2CCCCCCC2)cc1. The fourth-order valence-electron chi connectivity index (χ4n) is 2.83. The molecule has 7 heteroatoms. The molecule has 148 valence electrons. The van der Waals surface area contributed by atoms with Crippen LogP contribution < -0.4 is 5.32 Å². The van der Waals surface area contributed by atoms with Crippen molar-refractivity contribution in [3.05, 3.63) is 29.8 Å². The van der Waals surface area contributed by atoms with Gasteiger partial charge in [-0.3, -0.25) is 14.4 Å². The van der Waals surface area contributed by atoms with E-state index in [9.17, 15) is 14.4 Å². The van der Waals surface area contributed by atoms with Crippen molar-refractivity contribution in [2.45, 2.75) is 39.0 Å². The molecule has 6 nitrogen and oxygen atoms in total. The van der Waals surface area contributed by atoms with Gasteiger partial charge in [-0.1, -0.05) is 37.0 Å². The normalized spacial score (nSPS) is 14.8. The maximum Gasteiger partial charge on any atom is 0.316 e. The second kappa shape index (κ2) is 11.6. The van der Waals surface area contributed by atoms with Crippen molar-refractivity contribution in [3.63, 3.8) is 0 Å². The van der Waals surface area contributed by atoms with Crippen LogP contribution in [0.5, 0.6) is 0 Å². The monoisotopic (exact) mass is 392 g/mol. The zero-order valence-corrected chi connectivity index (χ0v) is 16.7. The molecule has 1 fully saturated rings. The number of benzene rings is 1. The number of anilines is 1. The van der Waals surface area contributed by atoms with E-state index in [2.05, 4.69) is 5.32 Å². The number of carbonyl (C=O) groups is 3. The molecule has 1 N–H and O–H groups in total. The summed E-state index contributed by atoms with van der Waals surface area (Å²) in [6.45, 7) is 3.25. The molecule has 0 aromatic heterocycles. The molecule has 0 saturated carbocycles. The van der Waals surface area contributed by atoms with Crippen molar-refractivity contribution in [2.24, 2.45) is 0 Å². The Kier molecular flexibility index (Phi) is 9.18. The van der Waals surface area contributed by atoms with Gasteiger partial charge in [0.1, 0.15) is 0 Å². The lowest BCUT2D eigenvalue weighted by Gasteiger charge is -2.24. The Labute approximate surface area is 165 Å². The van der Waals surface area contributed by atoms with Gasteiger partial charge in [-0.2, -0.15) is 0 Å². The first-order chi connectivity index (χ1) is 13.0. The summed E-state index contributed by atoms with van der Waals surface area (Å²) >= 11 is 1.17. The minimum atomic E-state index is -0.469. The van der Waals surface area contributed by atoms with E-state index in [0.29, 0.717) is 0 Å². The number of likely N-dealkylation sites (tertiary alicyclic amines) is 1. The minimum Gasteiger partial charge on any atom is -0.455 e. The molecule has 0 unspecified atom stereocenters. The lowest BCUT2D eigenvalue weighted by Crippen LogP contribution is -2.37. The molecule has 2 amide bonds. The molecule has 0 bridgehead atoms. The lowest BCUT2D eigenvalue weighted by molar-refractivity contribution is -0.150. The molecule has 1 heterocycles. The quantitative estimate of drug-likeness (QED) is 0.722. The molecule has 1 aliphatic rings. The molecule has 0 spiro atoms. The van der Waals surface area contributed by atoms with Gasteiger partial charge in [-0.15, -0.1) is 11.8 Å².